The van der Waals surface area contributed by atoms with Crippen LogP contribution in [0.15, 0.2) is 24.3 Å². The molecule has 2 unspecified atom stereocenters. The van der Waals surface area contributed by atoms with Crippen LogP contribution in [0.25, 0.3) is 0 Å². The van der Waals surface area contributed by atoms with Crippen LogP contribution >= 0.6 is 11.8 Å². The lowest BCUT2D eigenvalue weighted by molar-refractivity contribution is -0.137. The Hall–Kier alpha value is -1.69. The largest absolute Gasteiger partial charge is 0.343 e. The molecule has 4 rings (SSSR count). The third kappa shape index (κ3) is 5.87. The van der Waals surface area contributed by atoms with Gasteiger partial charge in [0, 0.05) is 45.0 Å². The van der Waals surface area contributed by atoms with Crippen molar-refractivity contribution in [3.05, 3.63) is 35.6 Å². The predicted molar refractivity (Wildman–Crippen MR) is 125 cm³/mol. The summed E-state index contributed by atoms with van der Waals surface area (Å²) in [6.45, 7) is 2.30. The maximum absolute atomic E-state index is 13.1. The Morgan fingerprint density at radius 3 is 2.18 bits per heavy atom. The molecule has 3 aliphatic heterocycles. The van der Waals surface area contributed by atoms with Gasteiger partial charge in [-0.25, -0.2) is 4.39 Å². The van der Waals surface area contributed by atoms with Gasteiger partial charge < -0.3 is 10.2 Å². The van der Waals surface area contributed by atoms with Crippen LogP contribution in [-0.2, 0) is 26.2 Å². The highest BCUT2D eigenvalue weighted by Crippen LogP contribution is 2.24. The number of nitrogens with zero attached hydrogens (tertiary/aromatic N) is 3. The van der Waals surface area contributed by atoms with Crippen LogP contribution in [0, 0.1) is 5.82 Å². The van der Waals surface area contributed by atoms with Crippen LogP contribution in [0.3, 0.4) is 0 Å². The second-order valence-corrected chi connectivity index (χ2v) is 11.9. The molecule has 1 aromatic rings. The second-order valence-electron chi connectivity index (χ2n) is 8.76. The lowest BCUT2D eigenvalue weighted by atomic mass is 10.1. The van der Waals surface area contributed by atoms with Crippen LogP contribution in [0.1, 0.15) is 31.2 Å². The Balaban J connectivity index is 1.27. The van der Waals surface area contributed by atoms with E-state index in [0.29, 0.717) is 38.4 Å². The van der Waals surface area contributed by atoms with Gasteiger partial charge in [-0.3, -0.25) is 9.59 Å². The minimum absolute atomic E-state index is 0.164. The Morgan fingerprint density at radius 2 is 1.58 bits per heavy atom. The van der Waals surface area contributed by atoms with Gasteiger partial charge in [0.2, 0.25) is 11.8 Å². The molecular formula is C22H31FN4O4S2. The fourth-order valence-corrected chi connectivity index (χ4v) is 7.36. The zero-order chi connectivity index (χ0) is 23.4. The van der Waals surface area contributed by atoms with Crippen LogP contribution < -0.4 is 5.32 Å². The van der Waals surface area contributed by atoms with E-state index in [9.17, 15) is 22.4 Å². The van der Waals surface area contributed by atoms with Gasteiger partial charge in [0.25, 0.3) is 10.2 Å². The summed E-state index contributed by atoms with van der Waals surface area (Å²) in [6, 6.07) is 5.47. The van der Waals surface area contributed by atoms with Crippen molar-refractivity contribution < 1.29 is 22.4 Å². The lowest BCUT2D eigenvalue weighted by Crippen LogP contribution is -2.60. The summed E-state index contributed by atoms with van der Waals surface area (Å²) in [5.74, 6) is -0.216. The van der Waals surface area contributed by atoms with Gasteiger partial charge >= 0.3 is 0 Å². The molecule has 3 heterocycles. The molecule has 33 heavy (non-hydrogen) atoms. The highest BCUT2D eigenvalue weighted by Gasteiger charge is 2.38. The molecule has 3 saturated heterocycles. The number of carbonyl (C=O) groups is 2. The maximum atomic E-state index is 13.1. The fraction of sp³-hybridized carbons (Fsp3) is 0.636. The average Bonchev–Trinajstić information content (AvgIpc) is 3.12. The molecular weight excluding hydrogens is 467 g/mol. The van der Waals surface area contributed by atoms with Crippen molar-refractivity contribution in [2.75, 3.05) is 45.0 Å². The average molecular weight is 499 g/mol. The first-order chi connectivity index (χ1) is 15.8. The first kappa shape index (κ1) is 24.4. The van der Waals surface area contributed by atoms with E-state index in [4.69, 9.17) is 0 Å². The third-order valence-corrected chi connectivity index (χ3v) is 9.82. The SMILES string of the molecule is O=C1NC(C(=O)N2CCN(S(=O)(=O)N3CCCCCC3)CC2)CSC1Cc1ccc(F)cc1. The molecule has 0 aliphatic carbocycles. The van der Waals surface area contributed by atoms with E-state index >= 15 is 0 Å². The minimum Gasteiger partial charge on any atom is -0.343 e. The Labute approximate surface area is 199 Å². The van der Waals surface area contributed by atoms with Gasteiger partial charge in [-0.05, 0) is 37.0 Å². The van der Waals surface area contributed by atoms with Crippen LogP contribution in [0.2, 0.25) is 0 Å². The molecule has 3 aliphatic rings. The third-order valence-electron chi connectivity index (χ3n) is 6.47. The number of halogens is 1. The predicted octanol–water partition coefficient (Wildman–Crippen LogP) is 1.23. The zero-order valence-corrected chi connectivity index (χ0v) is 20.3. The Bertz CT molecular complexity index is 944. The number of nitrogens with one attached hydrogen (secondary N) is 1. The van der Waals surface area contributed by atoms with E-state index in [1.807, 2.05) is 0 Å². The smallest absolute Gasteiger partial charge is 0.282 e. The van der Waals surface area contributed by atoms with Gasteiger partial charge in [-0.2, -0.15) is 17.0 Å². The van der Waals surface area contributed by atoms with E-state index in [2.05, 4.69) is 5.32 Å². The van der Waals surface area contributed by atoms with E-state index in [1.54, 1.807) is 21.3 Å². The van der Waals surface area contributed by atoms with Crippen molar-refractivity contribution in [1.82, 2.24) is 18.8 Å². The summed E-state index contributed by atoms with van der Waals surface area (Å²) < 4.78 is 42.1. The number of rotatable bonds is 5. The van der Waals surface area contributed by atoms with Crippen molar-refractivity contribution >= 4 is 33.8 Å². The van der Waals surface area contributed by atoms with E-state index in [1.165, 1.54) is 28.2 Å². The Kier molecular flexibility index (Phi) is 7.93. The molecule has 0 bridgehead atoms. The normalized spacial score (nSPS) is 26.0. The number of thioether (sulfide) groups is 1. The van der Waals surface area contributed by atoms with Crippen molar-refractivity contribution in [2.45, 2.75) is 43.4 Å². The van der Waals surface area contributed by atoms with Gasteiger partial charge in [-0.15, -0.1) is 11.8 Å². The van der Waals surface area contributed by atoms with Gasteiger partial charge in [0.05, 0.1) is 5.25 Å². The zero-order valence-electron chi connectivity index (χ0n) is 18.6. The Morgan fingerprint density at radius 1 is 0.970 bits per heavy atom. The summed E-state index contributed by atoms with van der Waals surface area (Å²) in [7, 11) is -3.50. The molecule has 2 amide bonds. The summed E-state index contributed by atoms with van der Waals surface area (Å²) in [5.41, 5.74) is 0.871. The maximum Gasteiger partial charge on any atom is 0.282 e. The molecule has 0 spiro atoms. The van der Waals surface area contributed by atoms with Gasteiger partial charge in [0.1, 0.15) is 11.9 Å². The quantitative estimate of drug-likeness (QED) is 0.660. The van der Waals surface area contributed by atoms with Crippen LogP contribution in [0.5, 0.6) is 0 Å². The van der Waals surface area contributed by atoms with E-state index in [-0.39, 0.29) is 36.0 Å². The number of piperazine rings is 1. The lowest BCUT2D eigenvalue weighted by Gasteiger charge is -2.38. The molecule has 0 saturated carbocycles. The molecule has 0 aromatic heterocycles. The van der Waals surface area contributed by atoms with Crippen LogP contribution in [0.4, 0.5) is 4.39 Å². The monoisotopic (exact) mass is 498 g/mol. The van der Waals surface area contributed by atoms with Gasteiger partial charge in [0.15, 0.2) is 0 Å². The van der Waals surface area contributed by atoms with Crippen molar-refractivity contribution in [3.8, 4) is 0 Å². The van der Waals surface area contributed by atoms with Crippen molar-refractivity contribution in [1.29, 1.82) is 0 Å². The summed E-state index contributed by atoms with van der Waals surface area (Å²) >= 11 is 1.43. The molecule has 1 aromatic carbocycles. The summed E-state index contributed by atoms with van der Waals surface area (Å²) in [5, 5.41) is 2.51. The fourth-order valence-electron chi connectivity index (χ4n) is 4.51. The number of hydrogen-bond donors (Lipinski definition) is 1. The standard InChI is InChI=1S/C22H31FN4O4S2/c23-18-7-5-17(6-8-18)15-20-21(28)24-19(16-32-20)22(29)25-11-13-27(14-12-25)33(30,31)26-9-3-1-2-4-10-26/h5-8,19-20H,1-4,9-16H2,(H,24,28). The molecule has 2 atom stereocenters. The second kappa shape index (κ2) is 10.7. The first-order valence-electron chi connectivity index (χ1n) is 11.5. The minimum atomic E-state index is -3.50. The molecule has 11 heteroatoms. The van der Waals surface area contributed by atoms with Gasteiger partial charge in [-0.1, -0.05) is 25.0 Å². The molecule has 1 N–H and O–H groups in total. The highest BCUT2D eigenvalue weighted by molar-refractivity contribution is 8.00. The topological polar surface area (TPSA) is 90.0 Å². The first-order valence-corrected chi connectivity index (χ1v) is 14.0. The van der Waals surface area contributed by atoms with Crippen LogP contribution in [-0.4, -0.2) is 90.1 Å². The van der Waals surface area contributed by atoms with Crippen molar-refractivity contribution in [2.24, 2.45) is 0 Å². The number of amides is 2. The summed E-state index contributed by atoms with van der Waals surface area (Å²) in [4.78, 5) is 27.2. The number of carbonyl (C=O) groups excluding carboxylic acids is 2. The van der Waals surface area contributed by atoms with E-state index in [0.717, 1.165) is 31.2 Å². The molecule has 8 nitrogen and oxygen atoms in total. The molecule has 0 radical (unpaired) electrons. The number of benzene rings is 1. The van der Waals surface area contributed by atoms with Crippen molar-refractivity contribution in [3.63, 3.8) is 0 Å². The summed E-state index contributed by atoms with van der Waals surface area (Å²) in [6.07, 6.45) is 4.37. The number of hydrogen-bond acceptors (Lipinski definition) is 5. The molecule has 182 valence electrons. The molecule has 3 fully saturated rings. The van der Waals surface area contributed by atoms with E-state index < -0.39 is 16.3 Å². The highest BCUT2D eigenvalue weighted by atomic mass is 32.2.